The Bertz CT molecular complexity index is 355. The highest BCUT2D eigenvalue weighted by molar-refractivity contribution is 5.43. The second-order valence-corrected chi connectivity index (χ2v) is 4.15. The maximum atomic E-state index is 5.61. The van der Waals surface area contributed by atoms with E-state index in [0.29, 0.717) is 13.2 Å². The van der Waals surface area contributed by atoms with Gasteiger partial charge in [-0.3, -0.25) is 0 Å². The summed E-state index contributed by atoms with van der Waals surface area (Å²) in [7, 11) is 0. The molecule has 0 bridgehead atoms. The number of hydrogen-bond donors (Lipinski definition) is 1. The topological polar surface area (TPSA) is 39.7 Å². The van der Waals surface area contributed by atoms with Gasteiger partial charge in [0.05, 0.1) is 6.61 Å². The number of nitrogens with one attached hydrogen (secondary N) is 1. The van der Waals surface area contributed by atoms with Crippen LogP contribution in [0.3, 0.4) is 0 Å². The lowest BCUT2D eigenvalue weighted by atomic mass is 10.2. The molecule has 0 aliphatic rings. The van der Waals surface area contributed by atoms with Gasteiger partial charge in [-0.05, 0) is 44.5 Å². The second-order valence-electron chi connectivity index (χ2n) is 4.15. The van der Waals surface area contributed by atoms with Gasteiger partial charge in [-0.15, -0.1) is 0 Å². The summed E-state index contributed by atoms with van der Waals surface area (Å²) in [5.74, 6) is 1.51. The quantitative estimate of drug-likeness (QED) is 0.522. The van der Waals surface area contributed by atoms with E-state index in [1.165, 1.54) is 5.56 Å². The molecule has 0 heterocycles. The summed E-state index contributed by atoms with van der Waals surface area (Å²) in [6.07, 6.45) is 1.13. The average molecular weight is 267 g/mol. The van der Waals surface area contributed by atoms with Crippen LogP contribution in [-0.2, 0) is 11.3 Å². The first-order valence-electron chi connectivity index (χ1n) is 6.98. The fourth-order valence-electron chi connectivity index (χ4n) is 1.65. The van der Waals surface area contributed by atoms with Crippen LogP contribution in [0.4, 0.5) is 0 Å². The van der Waals surface area contributed by atoms with E-state index in [1.807, 2.05) is 32.0 Å². The molecule has 1 aromatic carbocycles. The van der Waals surface area contributed by atoms with Gasteiger partial charge in [0, 0.05) is 13.2 Å². The first-order valence-corrected chi connectivity index (χ1v) is 6.98. The number of hydrogen-bond acceptors (Lipinski definition) is 4. The molecule has 19 heavy (non-hydrogen) atoms. The lowest BCUT2D eigenvalue weighted by molar-refractivity contribution is 0.0206. The van der Waals surface area contributed by atoms with Crippen LogP contribution in [0, 0.1) is 0 Å². The van der Waals surface area contributed by atoms with E-state index in [-0.39, 0.29) is 6.79 Å². The van der Waals surface area contributed by atoms with E-state index in [9.17, 15) is 0 Å². The summed E-state index contributed by atoms with van der Waals surface area (Å²) in [4.78, 5) is 0. The summed E-state index contributed by atoms with van der Waals surface area (Å²) in [5, 5.41) is 3.37. The van der Waals surface area contributed by atoms with Gasteiger partial charge in [0.1, 0.15) is 0 Å². The molecule has 4 heteroatoms. The van der Waals surface area contributed by atoms with Gasteiger partial charge in [0.15, 0.2) is 18.3 Å². The largest absolute Gasteiger partial charge is 0.490 e. The van der Waals surface area contributed by atoms with Crippen LogP contribution in [-0.4, -0.2) is 26.6 Å². The third kappa shape index (κ3) is 5.94. The van der Waals surface area contributed by atoms with Crippen LogP contribution in [0.5, 0.6) is 11.5 Å². The van der Waals surface area contributed by atoms with Crippen LogP contribution in [0.25, 0.3) is 0 Å². The van der Waals surface area contributed by atoms with E-state index >= 15 is 0 Å². The minimum atomic E-state index is 0.254. The Morgan fingerprint density at radius 2 is 1.84 bits per heavy atom. The van der Waals surface area contributed by atoms with Crippen molar-refractivity contribution in [3.8, 4) is 11.5 Å². The lowest BCUT2D eigenvalue weighted by Crippen LogP contribution is -2.14. The van der Waals surface area contributed by atoms with E-state index in [1.54, 1.807) is 0 Å². The van der Waals surface area contributed by atoms with Gasteiger partial charge in [0.2, 0.25) is 0 Å². The number of ether oxygens (including phenoxy) is 3. The van der Waals surface area contributed by atoms with E-state index in [4.69, 9.17) is 14.2 Å². The van der Waals surface area contributed by atoms with Crippen molar-refractivity contribution in [1.82, 2.24) is 5.32 Å². The van der Waals surface area contributed by atoms with Crippen molar-refractivity contribution in [3.63, 3.8) is 0 Å². The molecule has 1 N–H and O–H groups in total. The van der Waals surface area contributed by atoms with Crippen molar-refractivity contribution >= 4 is 0 Å². The van der Waals surface area contributed by atoms with Gasteiger partial charge in [-0.2, -0.15) is 0 Å². The Balaban J connectivity index is 2.64. The van der Waals surface area contributed by atoms with Gasteiger partial charge in [-0.1, -0.05) is 13.0 Å². The fourth-order valence-corrected chi connectivity index (χ4v) is 1.65. The molecule has 0 saturated carbocycles. The molecule has 0 spiro atoms. The average Bonchev–Trinajstić information content (AvgIpc) is 2.42. The molecule has 0 aliphatic heterocycles. The van der Waals surface area contributed by atoms with Gasteiger partial charge in [-0.25, -0.2) is 0 Å². The molecule has 1 aromatic rings. The van der Waals surface area contributed by atoms with Crippen LogP contribution in [0.1, 0.15) is 32.8 Å². The summed E-state index contributed by atoms with van der Waals surface area (Å²) in [6.45, 7) is 9.45. The zero-order chi connectivity index (χ0) is 13.9. The highest BCUT2D eigenvalue weighted by Gasteiger charge is 2.06. The Kier molecular flexibility index (Phi) is 8.02. The van der Waals surface area contributed by atoms with Crippen molar-refractivity contribution in [2.24, 2.45) is 0 Å². The zero-order valence-electron chi connectivity index (χ0n) is 12.2. The normalized spacial score (nSPS) is 10.5. The molecule has 108 valence electrons. The third-order valence-corrected chi connectivity index (χ3v) is 2.57. The molecule has 0 radical (unpaired) electrons. The van der Waals surface area contributed by atoms with Crippen molar-refractivity contribution in [2.75, 3.05) is 26.6 Å². The molecule has 0 fully saturated rings. The summed E-state index contributed by atoms with van der Waals surface area (Å²) in [5.41, 5.74) is 1.20. The Labute approximate surface area is 116 Å². The smallest absolute Gasteiger partial charge is 0.189 e. The fraction of sp³-hybridized carbons (Fsp3) is 0.600. The van der Waals surface area contributed by atoms with E-state index < -0.39 is 0 Å². The standard InChI is InChI=1S/C15H25NO3/c1-4-9-16-11-13-7-8-14(19-12-17-5-2)15(10-13)18-6-3/h7-8,10,16H,4-6,9,11-12H2,1-3H3. The van der Waals surface area contributed by atoms with Crippen LogP contribution in [0.2, 0.25) is 0 Å². The predicted molar refractivity (Wildman–Crippen MR) is 76.7 cm³/mol. The highest BCUT2D eigenvalue weighted by atomic mass is 16.7. The van der Waals surface area contributed by atoms with Crippen LogP contribution >= 0.6 is 0 Å². The van der Waals surface area contributed by atoms with E-state index in [0.717, 1.165) is 31.0 Å². The molecular formula is C15H25NO3. The van der Waals surface area contributed by atoms with Gasteiger partial charge in [0.25, 0.3) is 0 Å². The zero-order valence-corrected chi connectivity index (χ0v) is 12.2. The molecule has 4 nitrogen and oxygen atoms in total. The molecule has 0 amide bonds. The van der Waals surface area contributed by atoms with Crippen molar-refractivity contribution in [3.05, 3.63) is 23.8 Å². The number of benzene rings is 1. The minimum absolute atomic E-state index is 0.254. The lowest BCUT2D eigenvalue weighted by Gasteiger charge is -2.13. The van der Waals surface area contributed by atoms with Gasteiger partial charge < -0.3 is 19.5 Å². The maximum absolute atomic E-state index is 5.61. The highest BCUT2D eigenvalue weighted by Crippen LogP contribution is 2.28. The molecule has 0 saturated heterocycles. The first kappa shape index (κ1) is 15.8. The van der Waals surface area contributed by atoms with Crippen molar-refractivity contribution < 1.29 is 14.2 Å². The second kappa shape index (κ2) is 9.64. The monoisotopic (exact) mass is 267 g/mol. The van der Waals surface area contributed by atoms with Crippen molar-refractivity contribution in [1.29, 1.82) is 0 Å². The molecule has 0 aliphatic carbocycles. The molecule has 1 rings (SSSR count). The SMILES string of the molecule is CCCNCc1ccc(OCOCC)c(OCC)c1. The molecule has 0 aromatic heterocycles. The molecule has 0 unspecified atom stereocenters. The Morgan fingerprint density at radius 3 is 2.53 bits per heavy atom. The molecule has 0 atom stereocenters. The Hall–Kier alpha value is -1.26. The van der Waals surface area contributed by atoms with E-state index in [2.05, 4.69) is 12.2 Å². The van der Waals surface area contributed by atoms with Crippen molar-refractivity contribution in [2.45, 2.75) is 33.7 Å². The van der Waals surface area contributed by atoms with Crippen LogP contribution < -0.4 is 14.8 Å². The van der Waals surface area contributed by atoms with Crippen LogP contribution in [0.15, 0.2) is 18.2 Å². The summed E-state index contributed by atoms with van der Waals surface area (Å²) in [6, 6.07) is 6.01. The predicted octanol–water partition coefficient (Wildman–Crippen LogP) is 2.96. The Morgan fingerprint density at radius 1 is 1.00 bits per heavy atom. The number of rotatable bonds is 10. The maximum Gasteiger partial charge on any atom is 0.189 e. The minimum Gasteiger partial charge on any atom is -0.490 e. The summed E-state index contributed by atoms with van der Waals surface area (Å²) < 4.78 is 16.3. The first-order chi connectivity index (χ1) is 9.31. The van der Waals surface area contributed by atoms with Gasteiger partial charge >= 0.3 is 0 Å². The third-order valence-electron chi connectivity index (χ3n) is 2.57. The molecular weight excluding hydrogens is 242 g/mol. The summed E-state index contributed by atoms with van der Waals surface area (Å²) >= 11 is 0.